The van der Waals surface area contributed by atoms with Gasteiger partial charge in [0.05, 0.1) is 19.8 Å². The van der Waals surface area contributed by atoms with Gasteiger partial charge in [-0.15, -0.1) is 0 Å². The van der Waals surface area contributed by atoms with Crippen molar-refractivity contribution in [3.63, 3.8) is 0 Å². The molecule has 2 rings (SSSR count). The van der Waals surface area contributed by atoms with E-state index in [0.29, 0.717) is 30.0 Å². The van der Waals surface area contributed by atoms with Gasteiger partial charge in [-0.05, 0) is 38.8 Å². The van der Waals surface area contributed by atoms with Crippen molar-refractivity contribution in [2.45, 2.75) is 38.3 Å². The van der Waals surface area contributed by atoms with E-state index in [2.05, 4.69) is 5.32 Å². The topological polar surface area (TPSA) is 39.7 Å². The molecule has 1 unspecified atom stereocenters. The highest BCUT2D eigenvalue weighted by Gasteiger charge is 2.16. The Labute approximate surface area is 131 Å². The Bertz CT molecular complexity index is 447. The summed E-state index contributed by atoms with van der Waals surface area (Å²) in [6.07, 6.45) is 4.81. The molecule has 0 bridgehead atoms. The second kappa shape index (κ2) is 8.47. The van der Waals surface area contributed by atoms with Crippen LogP contribution in [0.1, 0.15) is 31.2 Å². The van der Waals surface area contributed by atoms with Crippen LogP contribution in [0.25, 0.3) is 0 Å². The van der Waals surface area contributed by atoms with Gasteiger partial charge in [-0.2, -0.15) is 0 Å². The van der Waals surface area contributed by atoms with Crippen molar-refractivity contribution in [3.8, 4) is 11.5 Å². The Morgan fingerprint density at radius 3 is 2.95 bits per heavy atom. The Hall–Kier alpha value is -0.970. The predicted octanol–water partition coefficient (Wildman–Crippen LogP) is 3.41. The van der Waals surface area contributed by atoms with Gasteiger partial charge in [0, 0.05) is 29.8 Å². The molecule has 1 atom stereocenters. The fourth-order valence-corrected chi connectivity index (χ4v) is 2.85. The van der Waals surface area contributed by atoms with Gasteiger partial charge in [0.15, 0.2) is 11.5 Å². The van der Waals surface area contributed by atoms with Crippen LogP contribution < -0.4 is 14.8 Å². The number of methoxy groups -OCH3 is 1. The number of ether oxygens (including phenoxy) is 3. The van der Waals surface area contributed by atoms with Crippen molar-refractivity contribution in [3.05, 3.63) is 22.7 Å². The van der Waals surface area contributed by atoms with E-state index in [9.17, 15) is 0 Å². The Morgan fingerprint density at radius 1 is 1.43 bits per heavy atom. The third-order valence-corrected chi connectivity index (χ3v) is 3.84. The molecule has 118 valence electrons. The monoisotopic (exact) mass is 313 g/mol. The van der Waals surface area contributed by atoms with E-state index in [-0.39, 0.29) is 0 Å². The molecule has 1 aromatic rings. The smallest absolute Gasteiger partial charge is 0.165 e. The normalized spacial score (nSPS) is 18.0. The molecule has 1 heterocycles. The van der Waals surface area contributed by atoms with Crippen molar-refractivity contribution in [1.29, 1.82) is 0 Å². The minimum absolute atomic E-state index is 0.414. The lowest BCUT2D eigenvalue weighted by atomic mass is 10.1. The summed E-state index contributed by atoms with van der Waals surface area (Å²) >= 11 is 6.10. The maximum atomic E-state index is 6.10. The van der Waals surface area contributed by atoms with E-state index in [1.165, 1.54) is 12.8 Å². The van der Waals surface area contributed by atoms with E-state index in [1.54, 1.807) is 13.2 Å². The minimum atomic E-state index is 0.414. The molecule has 0 aliphatic carbocycles. The summed E-state index contributed by atoms with van der Waals surface area (Å²) in [4.78, 5) is 0. The number of benzene rings is 1. The molecular weight excluding hydrogens is 290 g/mol. The van der Waals surface area contributed by atoms with Gasteiger partial charge in [0.1, 0.15) is 0 Å². The first-order valence-corrected chi connectivity index (χ1v) is 7.87. The van der Waals surface area contributed by atoms with E-state index in [0.717, 1.165) is 30.8 Å². The molecule has 4 nitrogen and oxygen atoms in total. The van der Waals surface area contributed by atoms with Gasteiger partial charge in [-0.25, -0.2) is 0 Å². The van der Waals surface area contributed by atoms with Gasteiger partial charge in [0.2, 0.25) is 0 Å². The van der Waals surface area contributed by atoms with Gasteiger partial charge in [0.25, 0.3) is 0 Å². The maximum Gasteiger partial charge on any atom is 0.165 e. The van der Waals surface area contributed by atoms with Crippen molar-refractivity contribution in [2.75, 3.05) is 27.4 Å². The molecule has 5 heteroatoms. The van der Waals surface area contributed by atoms with E-state index < -0.39 is 0 Å². The van der Waals surface area contributed by atoms with Gasteiger partial charge < -0.3 is 19.5 Å². The van der Waals surface area contributed by atoms with E-state index in [1.807, 2.05) is 13.1 Å². The summed E-state index contributed by atoms with van der Waals surface area (Å²) in [6.45, 7) is 2.26. The summed E-state index contributed by atoms with van der Waals surface area (Å²) in [5.41, 5.74) is 1.01. The summed E-state index contributed by atoms with van der Waals surface area (Å²) in [7, 11) is 3.53. The number of hydrogen-bond acceptors (Lipinski definition) is 4. The van der Waals surface area contributed by atoms with Crippen LogP contribution in [0.15, 0.2) is 12.1 Å². The quantitative estimate of drug-likeness (QED) is 0.747. The molecule has 1 N–H and O–H groups in total. The van der Waals surface area contributed by atoms with Crippen LogP contribution in [0, 0.1) is 0 Å². The van der Waals surface area contributed by atoms with E-state index >= 15 is 0 Å². The maximum absolute atomic E-state index is 6.10. The number of halogens is 1. The third-order valence-electron chi connectivity index (χ3n) is 3.62. The fourth-order valence-electron chi connectivity index (χ4n) is 2.62. The number of rotatable bonds is 8. The van der Waals surface area contributed by atoms with Crippen LogP contribution in [-0.4, -0.2) is 33.5 Å². The van der Waals surface area contributed by atoms with Gasteiger partial charge in [-0.3, -0.25) is 0 Å². The van der Waals surface area contributed by atoms with Crippen LogP contribution in [0.5, 0.6) is 11.5 Å². The minimum Gasteiger partial charge on any atom is -0.493 e. The van der Waals surface area contributed by atoms with Crippen LogP contribution in [0.3, 0.4) is 0 Å². The molecule has 1 aliphatic rings. The largest absolute Gasteiger partial charge is 0.493 e. The number of nitrogens with one attached hydrogen (secondary N) is 1. The van der Waals surface area contributed by atoms with Crippen molar-refractivity contribution < 1.29 is 14.2 Å². The first kappa shape index (κ1) is 16.4. The van der Waals surface area contributed by atoms with Gasteiger partial charge in [-0.1, -0.05) is 11.6 Å². The summed E-state index contributed by atoms with van der Waals surface area (Å²) in [6, 6.07) is 3.70. The summed E-state index contributed by atoms with van der Waals surface area (Å²) in [5.74, 6) is 1.47. The molecule has 1 aromatic carbocycles. The molecular formula is C16H24ClNO3. The van der Waals surface area contributed by atoms with Crippen LogP contribution >= 0.6 is 11.6 Å². The number of hydrogen-bond donors (Lipinski definition) is 1. The second-order valence-electron chi connectivity index (χ2n) is 5.25. The zero-order valence-corrected chi connectivity index (χ0v) is 13.5. The highest BCUT2D eigenvalue weighted by molar-refractivity contribution is 6.30. The first-order chi connectivity index (χ1) is 10.2. The molecule has 0 amide bonds. The molecule has 0 radical (unpaired) electrons. The lowest BCUT2D eigenvalue weighted by molar-refractivity contribution is 0.0979. The lowest BCUT2D eigenvalue weighted by Gasteiger charge is -2.16. The van der Waals surface area contributed by atoms with Crippen molar-refractivity contribution >= 4 is 11.6 Å². The predicted molar refractivity (Wildman–Crippen MR) is 84.5 cm³/mol. The fraction of sp³-hybridized carbons (Fsp3) is 0.625. The molecule has 1 saturated heterocycles. The highest BCUT2D eigenvalue weighted by atomic mass is 35.5. The average molecular weight is 314 g/mol. The molecule has 1 aliphatic heterocycles. The molecule has 0 spiro atoms. The standard InChI is InChI=1S/C16H24ClNO3/c1-18-11-12-9-13(17)10-15(19-2)16(12)21-8-4-6-14-5-3-7-20-14/h9-10,14,18H,3-8,11H2,1-2H3. The highest BCUT2D eigenvalue weighted by Crippen LogP contribution is 2.35. The SMILES string of the molecule is CNCc1cc(Cl)cc(OC)c1OCCCC1CCCO1. The van der Waals surface area contributed by atoms with Crippen molar-refractivity contribution in [2.24, 2.45) is 0 Å². The van der Waals surface area contributed by atoms with Crippen LogP contribution in [-0.2, 0) is 11.3 Å². The zero-order valence-electron chi connectivity index (χ0n) is 12.8. The second-order valence-corrected chi connectivity index (χ2v) is 5.69. The molecule has 21 heavy (non-hydrogen) atoms. The summed E-state index contributed by atoms with van der Waals surface area (Å²) in [5, 5.41) is 3.78. The zero-order chi connectivity index (χ0) is 15.1. The van der Waals surface area contributed by atoms with Crippen LogP contribution in [0.2, 0.25) is 5.02 Å². The third kappa shape index (κ3) is 4.77. The Morgan fingerprint density at radius 2 is 2.29 bits per heavy atom. The Kier molecular flexibility index (Phi) is 6.61. The van der Waals surface area contributed by atoms with Crippen LogP contribution in [0.4, 0.5) is 0 Å². The molecule has 0 saturated carbocycles. The van der Waals surface area contributed by atoms with E-state index in [4.69, 9.17) is 25.8 Å². The lowest BCUT2D eigenvalue weighted by Crippen LogP contribution is -2.11. The Balaban J connectivity index is 1.93. The summed E-state index contributed by atoms with van der Waals surface area (Å²) < 4.78 is 16.9. The molecule has 0 aromatic heterocycles. The molecule has 1 fully saturated rings. The first-order valence-electron chi connectivity index (χ1n) is 7.50. The average Bonchev–Trinajstić information content (AvgIpc) is 2.98. The van der Waals surface area contributed by atoms with Gasteiger partial charge >= 0.3 is 0 Å². The van der Waals surface area contributed by atoms with Crippen molar-refractivity contribution in [1.82, 2.24) is 5.32 Å².